The van der Waals surface area contributed by atoms with Crippen LogP contribution in [0.25, 0.3) is 0 Å². The van der Waals surface area contributed by atoms with Gasteiger partial charge in [-0.05, 0) is 38.9 Å². The lowest BCUT2D eigenvalue weighted by molar-refractivity contribution is 0.0895. The summed E-state index contributed by atoms with van der Waals surface area (Å²) in [5, 5.41) is 5.26. The number of carbonyl (C=O) groups excluding carboxylic acids is 1. The summed E-state index contributed by atoms with van der Waals surface area (Å²) in [4.78, 5) is 13.2. The van der Waals surface area contributed by atoms with Gasteiger partial charge in [-0.1, -0.05) is 0 Å². The summed E-state index contributed by atoms with van der Waals surface area (Å²) >= 11 is 1.66. The van der Waals surface area contributed by atoms with Gasteiger partial charge in [0, 0.05) is 21.7 Å². The molecule has 76 valence electrons. The maximum Gasteiger partial charge on any atom is 0.166 e. The van der Waals surface area contributed by atoms with Crippen molar-refractivity contribution in [3.05, 3.63) is 21.9 Å². The zero-order chi connectivity index (χ0) is 9.97. The number of hydrogen-bond donors (Lipinski definition) is 1. The highest BCUT2D eigenvalue weighted by Gasteiger charge is 2.22. The zero-order valence-corrected chi connectivity index (χ0v) is 9.19. The van der Waals surface area contributed by atoms with Gasteiger partial charge in [-0.2, -0.15) is 0 Å². The number of carbonyl (C=O) groups is 1. The van der Waals surface area contributed by atoms with E-state index in [9.17, 15) is 4.79 Å². The third kappa shape index (κ3) is 2.04. The first kappa shape index (κ1) is 9.87. The van der Waals surface area contributed by atoms with Gasteiger partial charge in [0.2, 0.25) is 0 Å². The molecule has 1 N–H and O–H groups in total. The largest absolute Gasteiger partial charge is 0.317 e. The molecule has 2 nitrogen and oxygen atoms in total. The molecule has 0 saturated carbocycles. The summed E-state index contributed by atoms with van der Waals surface area (Å²) < 4.78 is 0. The lowest BCUT2D eigenvalue weighted by Crippen LogP contribution is -2.31. The first-order chi connectivity index (χ1) is 6.77. The molecular formula is C11H15NOS. The summed E-state index contributed by atoms with van der Waals surface area (Å²) in [5.41, 5.74) is 0.916. The average molecular weight is 209 g/mol. The van der Waals surface area contributed by atoms with E-state index in [2.05, 4.69) is 5.32 Å². The summed E-state index contributed by atoms with van der Waals surface area (Å²) in [6, 6.07) is 2.01. The number of hydrogen-bond acceptors (Lipinski definition) is 3. The highest BCUT2D eigenvalue weighted by atomic mass is 32.1. The van der Waals surface area contributed by atoms with Gasteiger partial charge in [0.25, 0.3) is 0 Å². The molecular weight excluding hydrogens is 194 g/mol. The van der Waals surface area contributed by atoms with Gasteiger partial charge in [-0.15, -0.1) is 11.3 Å². The highest BCUT2D eigenvalue weighted by Crippen LogP contribution is 2.21. The van der Waals surface area contributed by atoms with E-state index in [1.165, 1.54) is 4.88 Å². The second-order valence-corrected chi connectivity index (χ2v) is 4.95. The molecule has 0 atom stereocenters. The van der Waals surface area contributed by atoms with Crippen LogP contribution in [0.1, 0.15) is 28.1 Å². The van der Waals surface area contributed by atoms with Crippen LogP contribution >= 0.6 is 11.3 Å². The van der Waals surface area contributed by atoms with Gasteiger partial charge in [-0.25, -0.2) is 0 Å². The smallest absolute Gasteiger partial charge is 0.166 e. The van der Waals surface area contributed by atoms with E-state index in [1.54, 1.807) is 11.3 Å². The summed E-state index contributed by atoms with van der Waals surface area (Å²) in [6.45, 7) is 4.02. The second-order valence-electron chi connectivity index (χ2n) is 3.83. The molecule has 1 aromatic rings. The van der Waals surface area contributed by atoms with Crippen LogP contribution < -0.4 is 5.32 Å². The van der Waals surface area contributed by atoms with E-state index in [0.29, 0.717) is 5.78 Å². The maximum atomic E-state index is 12.0. The highest BCUT2D eigenvalue weighted by molar-refractivity contribution is 7.10. The van der Waals surface area contributed by atoms with Crippen molar-refractivity contribution in [2.45, 2.75) is 19.8 Å². The van der Waals surface area contributed by atoms with Crippen LogP contribution in [0.5, 0.6) is 0 Å². The molecule has 0 bridgehead atoms. The van der Waals surface area contributed by atoms with Crippen LogP contribution in [0.15, 0.2) is 11.4 Å². The first-order valence-electron chi connectivity index (χ1n) is 5.07. The van der Waals surface area contributed by atoms with E-state index in [0.717, 1.165) is 31.5 Å². The van der Waals surface area contributed by atoms with E-state index in [1.807, 2.05) is 18.4 Å². The number of nitrogens with one attached hydrogen (secondary N) is 1. The van der Waals surface area contributed by atoms with Gasteiger partial charge in [-0.3, -0.25) is 4.79 Å². The lowest BCUT2D eigenvalue weighted by atomic mass is 9.91. The number of piperidine rings is 1. The molecule has 1 aliphatic rings. The van der Waals surface area contributed by atoms with Gasteiger partial charge in [0.15, 0.2) is 5.78 Å². The Morgan fingerprint density at radius 3 is 2.79 bits per heavy atom. The molecule has 2 rings (SSSR count). The normalized spacial score (nSPS) is 18.4. The minimum absolute atomic E-state index is 0.255. The molecule has 2 heterocycles. The van der Waals surface area contributed by atoms with Crippen molar-refractivity contribution < 1.29 is 4.79 Å². The monoisotopic (exact) mass is 209 g/mol. The van der Waals surface area contributed by atoms with E-state index in [-0.39, 0.29) is 5.92 Å². The standard InChI is InChI=1S/C11H15NOS/c1-8-6-10(7-14-8)11(13)9-2-4-12-5-3-9/h6-7,9,12H,2-5H2,1H3. The molecule has 3 heteroatoms. The third-order valence-electron chi connectivity index (χ3n) is 2.73. The van der Waals surface area contributed by atoms with E-state index >= 15 is 0 Å². The third-order valence-corrected chi connectivity index (χ3v) is 3.59. The number of aryl methyl sites for hydroxylation is 1. The van der Waals surface area contributed by atoms with Crippen LogP contribution in [0.3, 0.4) is 0 Å². The Labute approximate surface area is 88.3 Å². The molecule has 1 aliphatic heterocycles. The topological polar surface area (TPSA) is 29.1 Å². The van der Waals surface area contributed by atoms with Gasteiger partial charge < -0.3 is 5.32 Å². The minimum atomic E-state index is 0.255. The van der Waals surface area contributed by atoms with Crippen LogP contribution in [-0.4, -0.2) is 18.9 Å². The first-order valence-corrected chi connectivity index (χ1v) is 5.95. The van der Waals surface area contributed by atoms with Crippen molar-refractivity contribution in [2.75, 3.05) is 13.1 Å². The fraction of sp³-hybridized carbons (Fsp3) is 0.545. The Hall–Kier alpha value is -0.670. The van der Waals surface area contributed by atoms with Gasteiger partial charge >= 0.3 is 0 Å². The van der Waals surface area contributed by atoms with Crippen LogP contribution in [-0.2, 0) is 0 Å². The molecule has 0 aliphatic carbocycles. The zero-order valence-electron chi connectivity index (χ0n) is 8.38. The Morgan fingerprint density at radius 2 is 2.21 bits per heavy atom. The lowest BCUT2D eigenvalue weighted by Gasteiger charge is -2.20. The molecule has 0 radical (unpaired) electrons. The fourth-order valence-electron chi connectivity index (χ4n) is 1.89. The molecule has 0 spiro atoms. The second kappa shape index (κ2) is 4.24. The Kier molecular flexibility index (Phi) is 2.99. The molecule has 1 fully saturated rings. The Balaban J connectivity index is 2.07. The van der Waals surface area contributed by atoms with Crippen molar-refractivity contribution in [2.24, 2.45) is 5.92 Å². The van der Waals surface area contributed by atoms with Crippen molar-refractivity contribution in [3.8, 4) is 0 Å². The van der Waals surface area contributed by atoms with E-state index in [4.69, 9.17) is 0 Å². The summed E-state index contributed by atoms with van der Waals surface area (Å²) in [7, 11) is 0. The van der Waals surface area contributed by atoms with Crippen molar-refractivity contribution in [1.82, 2.24) is 5.32 Å². The minimum Gasteiger partial charge on any atom is -0.317 e. The Morgan fingerprint density at radius 1 is 1.50 bits per heavy atom. The number of thiophene rings is 1. The van der Waals surface area contributed by atoms with E-state index < -0.39 is 0 Å². The number of ketones is 1. The number of Topliss-reactive ketones (excluding diaryl/α,β-unsaturated/α-hetero) is 1. The molecule has 0 amide bonds. The van der Waals surface area contributed by atoms with Crippen LogP contribution in [0.4, 0.5) is 0 Å². The molecule has 1 saturated heterocycles. The maximum absolute atomic E-state index is 12.0. The van der Waals surface area contributed by atoms with Gasteiger partial charge in [0.05, 0.1) is 0 Å². The quantitative estimate of drug-likeness (QED) is 0.757. The van der Waals surface area contributed by atoms with Crippen molar-refractivity contribution >= 4 is 17.1 Å². The molecule has 0 unspecified atom stereocenters. The summed E-state index contributed by atoms with van der Waals surface area (Å²) in [5.74, 6) is 0.598. The summed E-state index contributed by atoms with van der Waals surface area (Å²) in [6.07, 6.45) is 1.99. The van der Waals surface area contributed by atoms with Crippen LogP contribution in [0, 0.1) is 12.8 Å². The molecule has 0 aromatic carbocycles. The Bertz CT molecular complexity index is 326. The SMILES string of the molecule is Cc1cc(C(=O)C2CCNCC2)cs1. The predicted octanol–water partition coefficient (Wildman–Crippen LogP) is 2.24. The average Bonchev–Trinajstić information content (AvgIpc) is 2.65. The van der Waals surface area contributed by atoms with Gasteiger partial charge in [0.1, 0.15) is 0 Å². The molecule has 1 aromatic heterocycles. The van der Waals surface area contributed by atoms with Crippen molar-refractivity contribution in [1.29, 1.82) is 0 Å². The predicted molar refractivity (Wildman–Crippen MR) is 59.0 cm³/mol. The molecule has 14 heavy (non-hydrogen) atoms. The number of rotatable bonds is 2. The van der Waals surface area contributed by atoms with Crippen molar-refractivity contribution in [3.63, 3.8) is 0 Å². The fourth-order valence-corrected chi connectivity index (χ4v) is 2.58. The van der Waals surface area contributed by atoms with Crippen LogP contribution in [0.2, 0.25) is 0 Å².